The van der Waals surface area contributed by atoms with Gasteiger partial charge < -0.3 is 20.3 Å². The van der Waals surface area contributed by atoms with Gasteiger partial charge in [-0.15, -0.1) is 0 Å². The molecule has 6 unspecified atom stereocenters. The third-order valence-corrected chi connectivity index (χ3v) is 10.0. The topological polar surface area (TPSA) is 157 Å². The molecule has 6 rings (SSSR count). The number of ether oxygens (including phenoxy) is 2. The number of carbonyl (C=O) groups excluding carboxylic acids is 5. The summed E-state index contributed by atoms with van der Waals surface area (Å²) >= 11 is 6.02. The molecule has 6 amide bonds. The average molecular weight is 638 g/mol. The fourth-order valence-electron chi connectivity index (χ4n) is 7.52. The lowest BCUT2D eigenvalue weighted by Crippen LogP contribution is -2.49. The first-order valence-electron chi connectivity index (χ1n) is 14.2. The number of phenols is 1. The number of anilines is 1. The number of urea groups is 1. The number of likely N-dealkylation sites (tertiary alicyclic amines) is 1. The van der Waals surface area contributed by atoms with Gasteiger partial charge in [0.05, 0.1) is 48.1 Å². The van der Waals surface area contributed by atoms with Gasteiger partial charge in [-0.2, -0.15) is 4.90 Å². The number of allylic oxidation sites excluding steroid dienone is 3. The summed E-state index contributed by atoms with van der Waals surface area (Å²) in [6.45, 7) is 1.68. The first-order chi connectivity index (χ1) is 21.3. The second-order valence-electron chi connectivity index (χ2n) is 11.8. The van der Waals surface area contributed by atoms with Crippen LogP contribution in [-0.4, -0.2) is 53.9 Å². The van der Waals surface area contributed by atoms with E-state index in [1.54, 1.807) is 31.2 Å². The van der Waals surface area contributed by atoms with Crippen LogP contribution in [0.5, 0.6) is 17.2 Å². The van der Waals surface area contributed by atoms with E-state index in [1.165, 1.54) is 26.4 Å². The maximum Gasteiger partial charge on any atom is 0.328 e. The van der Waals surface area contributed by atoms with Gasteiger partial charge in [0.15, 0.2) is 11.5 Å². The number of nitrogens with two attached hydrogens (primary N) is 1. The van der Waals surface area contributed by atoms with Gasteiger partial charge in [-0.25, -0.2) is 14.1 Å². The van der Waals surface area contributed by atoms with E-state index in [4.69, 9.17) is 26.8 Å². The van der Waals surface area contributed by atoms with Crippen molar-refractivity contribution in [2.24, 2.45) is 40.7 Å². The summed E-state index contributed by atoms with van der Waals surface area (Å²) in [4.78, 5) is 68.5. The van der Waals surface area contributed by atoms with Crippen molar-refractivity contribution in [2.75, 3.05) is 19.1 Å². The van der Waals surface area contributed by atoms with Gasteiger partial charge in [0, 0.05) is 5.92 Å². The number of methoxy groups -OCH3 is 2. The third kappa shape index (κ3) is 4.33. The lowest BCUT2D eigenvalue weighted by atomic mass is 9.52. The molecular weight excluding hydrogens is 609 g/mol. The van der Waals surface area contributed by atoms with Gasteiger partial charge in [-0.3, -0.25) is 19.2 Å². The Labute approximate surface area is 262 Å². The number of nitrogens with zero attached hydrogens (tertiary/aromatic N) is 2. The zero-order valence-electron chi connectivity index (χ0n) is 24.5. The highest BCUT2D eigenvalue weighted by atomic mass is 35.5. The summed E-state index contributed by atoms with van der Waals surface area (Å²) in [5.41, 5.74) is 5.35. The summed E-state index contributed by atoms with van der Waals surface area (Å²) in [5.74, 6) is -7.27. The highest BCUT2D eigenvalue weighted by molar-refractivity contribution is 6.31. The largest absolute Gasteiger partial charge is 0.502 e. The fourth-order valence-corrected chi connectivity index (χ4v) is 7.70. The molecule has 2 heterocycles. The highest BCUT2D eigenvalue weighted by Gasteiger charge is 2.67. The maximum absolute atomic E-state index is 14.3. The third-order valence-electron chi connectivity index (χ3n) is 9.71. The first-order valence-corrected chi connectivity index (χ1v) is 14.6. The van der Waals surface area contributed by atoms with Crippen molar-refractivity contribution < 1.29 is 42.9 Å². The first kappa shape index (κ1) is 30.3. The number of fused-ring (bicyclic) bond motifs is 4. The molecule has 2 aromatic rings. The predicted molar refractivity (Wildman–Crippen MR) is 158 cm³/mol. The fraction of sp³-hybridized carbons (Fsp3) is 0.344. The van der Waals surface area contributed by atoms with E-state index in [0.717, 1.165) is 11.0 Å². The van der Waals surface area contributed by atoms with Gasteiger partial charge in [-0.05, 0) is 61.6 Å². The quantitative estimate of drug-likeness (QED) is 0.367. The second-order valence-corrected chi connectivity index (χ2v) is 12.2. The van der Waals surface area contributed by atoms with Crippen LogP contribution in [0.2, 0.25) is 5.02 Å². The molecule has 3 N–H and O–H groups in total. The van der Waals surface area contributed by atoms with Crippen LogP contribution in [0.3, 0.4) is 0 Å². The summed E-state index contributed by atoms with van der Waals surface area (Å²) < 4.78 is 24.6. The minimum atomic E-state index is -1.36. The molecule has 0 bridgehead atoms. The van der Waals surface area contributed by atoms with Crippen LogP contribution in [0, 0.1) is 40.8 Å². The van der Waals surface area contributed by atoms with Crippen molar-refractivity contribution in [3.8, 4) is 17.2 Å². The number of hydrogen-bond acceptors (Lipinski definition) is 8. The number of primary amides is 1. The smallest absolute Gasteiger partial charge is 0.328 e. The highest BCUT2D eigenvalue weighted by Crippen LogP contribution is 2.61. The SMILES string of the molecule is COc1cc(C=CC2C3=CCC4C(=O)N(C(N)=O)C(=O)C4C3CC3C(=O)N(c4ccc(F)c(Cl)c4)C(=O)C23C)cc(OC)c1O. The van der Waals surface area contributed by atoms with Crippen molar-refractivity contribution in [1.82, 2.24) is 4.90 Å². The van der Waals surface area contributed by atoms with E-state index in [1.807, 2.05) is 6.08 Å². The summed E-state index contributed by atoms with van der Waals surface area (Å²) in [6.07, 6.45) is 5.44. The summed E-state index contributed by atoms with van der Waals surface area (Å²) in [7, 11) is 2.77. The molecule has 2 aliphatic heterocycles. The van der Waals surface area contributed by atoms with Crippen LogP contribution in [-0.2, 0) is 19.2 Å². The molecule has 45 heavy (non-hydrogen) atoms. The minimum absolute atomic E-state index is 0.0519. The van der Waals surface area contributed by atoms with E-state index in [-0.39, 0.29) is 40.8 Å². The molecule has 2 aliphatic carbocycles. The molecule has 11 nitrogen and oxygen atoms in total. The van der Waals surface area contributed by atoms with Gasteiger partial charge in [-0.1, -0.05) is 35.4 Å². The van der Waals surface area contributed by atoms with Crippen molar-refractivity contribution >= 4 is 53.0 Å². The van der Waals surface area contributed by atoms with Gasteiger partial charge in [0.25, 0.3) is 0 Å². The van der Waals surface area contributed by atoms with Crippen LogP contribution in [0.4, 0.5) is 14.9 Å². The van der Waals surface area contributed by atoms with Crippen molar-refractivity contribution in [3.05, 3.63) is 64.5 Å². The van der Waals surface area contributed by atoms with Crippen molar-refractivity contribution in [1.29, 1.82) is 0 Å². The molecule has 6 atom stereocenters. The summed E-state index contributed by atoms with van der Waals surface area (Å²) in [6, 6.07) is 5.54. The number of rotatable bonds is 5. The Kier molecular flexibility index (Phi) is 7.23. The standard InChI is InChI=1S/C32H29ClFN3O8/c1-32-19(8-4-14-10-23(44-2)26(38)24(11-14)45-3)16-6-7-17-25(29(41)37(27(17)39)31(35)43)18(16)13-20(32)28(40)36(30(32)42)15-5-9-22(34)21(33)12-15/h4-6,8-12,17-20,25,38H,7,13H2,1-3H3,(H2,35,43). The Morgan fingerprint density at radius 2 is 1.73 bits per heavy atom. The van der Waals surface area contributed by atoms with Crippen LogP contribution in [0.15, 0.2) is 48.1 Å². The van der Waals surface area contributed by atoms with Crippen LogP contribution in [0.1, 0.15) is 25.3 Å². The van der Waals surface area contributed by atoms with E-state index in [0.29, 0.717) is 16.0 Å². The van der Waals surface area contributed by atoms with Crippen molar-refractivity contribution in [2.45, 2.75) is 19.8 Å². The summed E-state index contributed by atoms with van der Waals surface area (Å²) in [5, 5.41) is 10.1. The van der Waals surface area contributed by atoms with Crippen LogP contribution >= 0.6 is 11.6 Å². The zero-order chi connectivity index (χ0) is 32.5. The number of hydrogen-bond donors (Lipinski definition) is 2. The molecular formula is C32H29ClFN3O8. The van der Waals surface area contributed by atoms with E-state index < -0.39 is 70.5 Å². The van der Waals surface area contributed by atoms with Crippen LogP contribution < -0.4 is 20.1 Å². The van der Waals surface area contributed by atoms with Crippen LogP contribution in [0.25, 0.3) is 6.08 Å². The van der Waals surface area contributed by atoms with Crippen molar-refractivity contribution in [3.63, 3.8) is 0 Å². The monoisotopic (exact) mass is 637 g/mol. The molecule has 4 aliphatic rings. The molecule has 13 heteroatoms. The Hall–Kier alpha value is -4.71. The predicted octanol–water partition coefficient (Wildman–Crippen LogP) is 4.06. The normalized spacial score (nSPS) is 29.1. The number of carbonyl (C=O) groups is 5. The van der Waals surface area contributed by atoms with E-state index in [9.17, 15) is 33.5 Å². The maximum atomic E-state index is 14.3. The number of imide groups is 4. The zero-order valence-corrected chi connectivity index (χ0v) is 25.2. The lowest BCUT2D eigenvalue weighted by molar-refractivity contribution is -0.136. The number of halogens is 2. The lowest BCUT2D eigenvalue weighted by Gasteiger charge is -2.47. The Morgan fingerprint density at radius 1 is 1.07 bits per heavy atom. The molecule has 3 fully saturated rings. The Morgan fingerprint density at radius 3 is 2.33 bits per heavy atom. The molecule has 0 radical (unpaired) electrons. The van der Waals surface area contributed by atoms with Gasteiger partial charge >= 0.3 is 6.03 Å². The number of aromatic hydroxyl groups is 1. The minimum Gasteiger partial charge on any atom is -0.502 e. The Balaban J connectivity index is 1.49. The van der Waals surface area contributed by atoms with Gasteiger partial charge in [0.2, 0.25) is 29.4 Å². The van der Waals surface area contributed by atoms with Gasteiger partial charge in [0.1, 0.15) is 5.82 Å². The molecule has 1 saturated carbocycles. The second kappa shape index (κ2) is 10.7. The van der Waals surface area contributed by atoms with E-state index >= 15 is 0 Å². The Bertz CT molecular complexity index is 1730. The van der Waals surface area contributed by atoms with E-state index in [2.05, 4.69) is 0 Å². The number of phenolic OH excluding ortho intramolecular Hbond substituents is 1. The number of amides is 6. The molecule has 0 spiro atoms. The molecule has 234 valence electrons. The molecule has 2 saturated heterocycles. The number of benzene rings is 2. The average Bonchev–Trinajstić information content (AvgIpc) is 3.38. The molecule has 0 aromatic heterocycles. The molecule has 2 aromatic carbocycles.